The third-order valence-electron chi connectivity index (χ3n) is 0.933. The van der Waals surface area contributed by atoms with Gasteiger partial charge >= 0.3 is 0 Å². The first kappa shape index (κ1) is 6.88. The molecule has 0 radical (unpaired) electrons. The first-order chi connectivity index (χ1) is 3.00. The van der Waals surface area contributed by atoms with E-state index >= 15 is 0 Å². The molecule has 0 aromatic rings. The van der Waals surface area contributed by atoms with E-state index in [2.05, 4.69) is 5.32 Å². The number of morpholine rings is 1. The van der Waals surface area contributed by atoms with E-state index in [-0.39, 0.29) is 5.48 Å². The zero-order valence-corrected chi connectivity index (χ0v) is 4.26. The molecule has 1 rings (SSSR count). The van der Waals surface area contributed by atoms with E-state index in [0.717, 1.165) is 26.3 Å². The van der Waals surface area contributed by atoms with Crippen LogP contribution in [0.2, 0.25) is 0 Å². The van der Waals surface area contributed by atoms with Crippen LogP contribution in [0.5, 0.6) is 0 Å². The summed E-state index contributed by atoms with van der Waals surface area (Å²) >= 11 is 0. The number of nitrogens with two attached hydrogens (primary N) is 1. The Balaban J connectivity index is 0.000000360. The zero-order valence-electron chi connectivity index (χ0n) is 4.26. The van der Waals surface area contributed by atoms with E-state index in [1.807, 2.05) is 0 Å². The Morgan fingerprint density at radius 1 is 1.14 bits per heavy atom. The lowest BCUT2D eigenvalue weighted by Gasteiger charge is -2.07. The van der Waals surface area contributed by atoms with E-state index in [0.29, 0.717) is 0 Å². The van der Waals surface area contributed by atoms with Crippen LogP contribution in [-0.4, -0.2) is 31.8 Å². The molecule has 3 N–H and O–H groups in total. The third kappa shape index (κ3) is 2.56. The Labute approximate surface area is 43.0 Å². The SMILES string of the molecule is C1COCC[NH2+]1.[OH-]. The van der Waals surface area contributed by atoms with Gasteiger partial charge in [0.2, 0.25) is 0 Å². The molecular formula is C4H11NO2. The van der Waals surface area contributed by atoms with Gasteiger partial charge in [-0.25, -0.2) is 0 Å². The van der Waals surface area contributed by atoms with Gasteiger partial charge in [0, 0.05) is 0 Å². The van der Waals surface area contributed by atoms with E-state index in [1.165, 1.54) is 0 Å². The monoisotopic (exact) mass is 105 g/mol. The van der Waals surface area contributed by atoms with Crippen LogP contribution in [0.3, 0.4) is 0 Å². The van der Waals surface area contributed by atoms with Crippen molar-refractivity contribution in [2.75, 3.05) is 26.3 Å². The van der Waals surface area contributed by atoms with Gasteiger partial charge in [0.05, 0.1) is 26.3 Å². The summed E-state index contributed by atoms with van der Waals surface area (Å²) in [6.45, 7) is 4.19. The standard InChI is InChI=1S/C4H9NO.H2O/c1-3-6-4-2-5-1;/h5H,1-4H2;1H2. The Hall–Kier alpha value is -0.120. The van der Waals surface area contributed by atoms with Crippen molar-refractivity contribution in [3.63, 3.8) is 0 Å². The number of rotatable bonds is 0. The molecule has 0 saturated carbocycles. The van der Waals surface area contributed by atoms with Gasteiger partial charge in [-0.05, 0) is 0 Å². The number of hydrogen-bond acceptors (Lipinski definition) is 2. The second-order valence-electron chi connectivity index (χ2n) is 1.48. The van der Waals surface area contributed by atoms with Gasteiger partial charge in [0.15, 0.2) is 0 Å². The number of ether oxygens (including phenoxy) is 1. The topological polar surface area (TPSA) is 55.8 Å². The van der Waals surface area contributed by atoms with Crippen LogP contribution in [0.1, 0.15) is 0 Å². The second kappa shape index (κ2) is 4.05. The molecule has 0 bridgehead atoms. The van der Waals surface area contributed by atoms with Gasteiger partial charge in [-0.1, -0.05) is 0 Å². The van der Waals surface area contributed by atoms with Crippen molar-refractivity contribution in [1.82, 2.24) is 0 Å². The maximum absolute atomic E-state index is 5.04. The molecule has 0 spiro atoms. The highest BCUT2D eigenvalue weighted by molar-refractivity contribution is 4.30. The highest BCUT2D eigenvalue weighted by atomic mass is 16.5. The molecule has 1 aliphatic rings. The molecule has 0 amide bonds. The van der Waals surface area contributed by atoms with Crippen LogP contribution in [-0.2, 0) is 4.74 Å². The van der Waals surface area contributed by atoms with Gasteiger partial charge in [0.25, 0.3) is 0 Å². The Bertz CT molecular complexity index is 25.2. The minimum Gasteiger partial charge on any atom is -0.870 e. The Morgan fingerprint density at radius 2 is 1.71 bits per heavy atom. The molecule has 3 heteroatoms. The summed E-state index contributed by atoms with van der Waals surface area (Å²) in [5.74, 6) is 0. The highest BCUT2D eigenvalue weighted by Gasteiger charge is 1.96. The lowest BCUT2D eigenvalue weighted by molar-refractivity contribution is -0.670. The summed E-state index contributed by atoms with van der Waals surface area (Å²) in [6, 6.07) is 0. The summed E-state index contributed by atoms with van der Waals surface area (Å²) in [4.78, 5) is 0. The fraction of sp³-hybridized carbons (Fsp3) is 1.00. The van der Waals surface area contributed by atoms with Crippen LogP contribution in [0, 0.1) is 0 Å². The van der Waals surface area contributed by atoms with Crippen molar-refractivity contribution < 1.29 is 15.5 Å². The average Bonchev–Trinajstić information content (AvgIpc) is 1.72. The van der Waals surface area contributed by atoms with Crippen molar-refractivity contribution in [2.45, 2.75) is 0 Å². The lowest BCUT2D eigenvalue weighted by Crippen LogP contribution is -2.87. The van der Waals surface area contributed by atoms with Crippen molar-refractivity contribution in [3.8, 4) is 0 Å². The minimum absolute atomic E-state index is 0. The van der Waals surface area contributed by atoms with Gasteiger partial charge < -0.3 is 15.5 Å². The van der Waals surface area contributed by atoms with E-state index in [9.17, 15) is 0 Å². The maximum atomic E-state index is 5.04. The third-order valence-corrected chi connectivity index (χ3v) is 0.933. The fourth-order valence-corrected chi connectivity index (χ4v) is 0.580. The van der Waals surface area contributed by atoms with Gasteiger partial charge in [-0.2, -0.15) is 0 Å². The normalized spacial score (nSPS) is 20.6. The lowest BCUT2D eigenvalue weighted by atomic mass is 10.5. The molecule has 1 fully saturated rings. The molecule has 1 aliphatic heterocycles. The first-order valence-corrected chi connectivity index (χ1v) is 2.39. The van der Waals surface area contributed by atoms with E-state index in [1.54, 1.807) is 0 Å². The van der Waals surface area contributed by atoms with Crippen LogP contribution in [0.4, 0.5) is 0 Å². The highest BCUT2D eigenvalue weighted by Crippen LogP contribution is 1.69. The Morgan fingerprint density at radius 3 is 1.86 bits per heavy atom. The molecule has 3 nitrogen and oxygen atoms in total. The summed E-state index contributed by atoms with van der Waals surface area (Å²) in [5.41, 5.74) is 0. The summed E-state index contributed by atoms with van der Waals surface area (Å²) in [7, 11) is 0. The van der Waals surface area contributed by atoms with Crippen molar-refractivity contribution in [1.29, 1.82) is 0 Å². The van der Waals surface area contributed by atoms with E-state index < -0.39 is 0 Å². The van der Waals surface area contributed by atoms with Crippen molar-refractivity contribution in [2.24, 2.45) is 0 Å². The maximum Gasteiger partial charge on any atom is 0.0993 e. The minimum atomic E-state index is 0. The second-order valence-corrected chi connectivity index (χ2v) is 1.48. The van der Waals surface area contributed by atoms with Crippen molar-refractivity contribution in [3.05, 3.63) is 0 Å². The number of hydrogen-bond donors (Lipinski definition) is 1. The summed E-state index contributed by atoms with van der Waals surface area (Å²) < 4.78 is 5.04. The largest absolute Gasteiger partial charge is 0.870 e. The quantitative estimate of drug-likeness (QED) is 0.403. The van der Waals surface area contributed by atoms with Gasteiger partial charge in [0.1, 0.15) is 0 Å². The van der Waals surface area contributed by atoms with Gasteiger partial charge in [-0.15, -0.1) is 0 Å². The molecule has 7 heavy (non-hydrogen) atoms. The molecule has 1 saturated heterocycles. The van der Waals surface area contributed by atoms with Crippen LogP contribution in [0.25, 0.3) is 0 Å². The first-order valence-electron chi connectivity index (χ1n) is 2.39. The average molecular weight is 105 g/mol. The van der Waals surface area contributed by atoms with Crippen molar-refractivity contribution >= 4 is 0 Å². The van der Waals surface area contributed by atoms with E-state index in [4.69, 9.17) is 4.74 Å². The zero-order chi connectivity index (χ0) is 4.24. The number of quaternary nitrogens is 1. The molecule has 0 atom stereocenters. The van der Waals surface area contributed by atoms with Gasteiger partial charge in [-0.3, -0.25) is 0 Å². The van der Waals surface area contributed by atoms with Crippen LogP contribution >= 0.6 is 0 Å². The molecular weight excluding hydrogens is 94.0 g/mol. The fourth-order valence-electron chi connectivity index (χ4n) is 0.580. The smallest absolute Gasteiger partial charge is 0.0993 e. The molecule has 0 aromatic carbocycles. The Kier molecular flexibility index (Phi) is 3.98. The summed E-state index contributed by atoms with van der Waals surface area (Å²) in [6.07, 6.45) is 0. The molecule has 0 unspecified atom stereocenters. The molecule has 1 heterocycles. The molecule has 0 aliphatic carbocycles. The predicted molar refractivity (Wildman–Crippen MR) is 24.4 cm³/mol. The predicted octanol–water partition coefficient (Wildman–Crippen LogP) is -1.60. The van der Waals surface area contributed by atoms with Crippen LogP contribution in [0.15, 0.2) is 0 Å². The summed E-state index contributed by atoms with van der Waals surface area (Å²) in [5, 5.41) is 2.27. The molecule has 0 aromatic heterocycles. The van der Waals surface area contributed by atoms with Crippen LogP contribution < -0.4 is 5.32 Å². The molecule has 44 valence electrons.